The first-order valence-electron chi connectivity index (χ1n) is 11.7. The third-order valence-electron chi connectivity index (χ3n) is 5.99. The van der Waals surface area contributed by atoms with Crippen LogP contribution in [0.3, 0.4) is 0 Å². The van der Waals surface area contributed by atoms with E-state index in [1.54, 1.807) is 38.3 Å². The lowest BCUT2D eigenvalue weighted by molar-refractivity contribution is -0.136. The second-order valence-corrected chi connectivity index (χ2v) is 9.77. The molecule has 2 aromatic carbocycles. The van der Waals surface area contributed by atoms with E-state index in [4.69, 9.17) is 23.7 Å². The molecule has 0 saturated carbocycles. The van der Waals surface area contributed by atoms with Crippen LogP contribution in [0.4, 0.5) is 0 Å². The Balaban J connectivity index is 1.68. The van der Waals surface area contributed by atoms with Crippen LogP contribution in [0.5, 0.6) is 23.0 Å². The first-order valence-corrected chi connectivity index (χ1v) is 12.5. The van der Waals surface area contributed by atoms with E-state index in [2.05, 4.69) is 4.99 Å². The summed E-state index contributed by atoms with van der Waals surface area (Å²) in [5.74, 6) is 1.79. The van der Waals surface area contributed by atoms with Crippen LogP contribution in [0.15, 0.2) is 57.5 Å². The predicted octanol–water partition coefficient (Wildman–Crippen LogP) is 2.93. The van der Waals surface area contributed by atoms with Crippen LogP contribution in [0.25, 0.3) is 6.08 Å². The summed E-state index contributed by atoms with van der Waals surface area (Å²) in [6, 6.07) is 10.1. The summed E-state index contributed by atoms with van der Waals surface area (Å²) in [5.41, 5.74) is 1.94. The van der Waals surface area contributed by atoms with E-state index in [0.29, 0.717) is 43.6 Å². The standard InChI is InChI=1S/C27H26N2O7S/c1-14(2)36-19-9-7-17(12-20(19)32-4)24-23(26(31)33-5)15(3)28-27-29(24)25(30)22(37-27)11-16-6-8-18-21(10-16)35-13-34-18/h6-12,14,24H,13H2,1-5H3/b22-11-/t24-/m0/s1. The Morgan fingerprint density at radius 2 is 1.92 bits per heavy atom. The second-order valence-electron chi connectivity index (χ2n) is 8.76. The molecular formula is C27H26N2O7S. The first kappa shape index (κ1) is 24.6. The summed E-state index contributed by atoms with van der Waals surface area (Å²) in [4.78, 5) is 31.7. The van der Waals surface area contributed by atoms with Crippen molar-refractivity contribution < 1.29 is 28.5 Å². The van der Waals surface area contributed by atoms with Crippen molar-refractivity contribution >= 4 is 23.4 Å². The number of nitrogens with zero attached hydrogens (tertiary/aromatic N) is 2. The van der Waals surface area contributed by atoms with Gasteiger partial charge >= 0.3 is 5.97 Å². The van der Waals surface area contributed by atoms with Crippen LogP contribution in [0.2, 0.25) is 0 Å². The van der Waals surface area contributed by atoms with E-state index < -0.39 is 12.0 Å². The Morgan fingerprint density at radius 1 is 1.14 bits per heavy atom. The van der Waals surface area contributed by atoms with E-state index in [0.717, 1.165) is 5.56 Å². The Labute approximate surface area is 216 Å². The topological polar surface area (TPSA) is 97.6 Å². The molecule has 0 aliphatic carbocycles. The van der Waals surface area contributed by atoms with Crippen LogP contribution in [0.1, 0.15) is 37.9 Å². The molecule has 0 bridgehead atoms. The lowest BCUT2D eigenvalue weighted by Crippen LogP contribution is -2.39. The van der Waals surface area contributed by atoms with Gasteiger partial charge < -0.3 is 23.7 Å². The number of fused-ring (bicyclic) bond motifs is 2. The minimum Gasteiger partial charge on any atom is -0.493 e. The lowest BCUT2D eigenvalue weighted by atomic mass is 9.95. The summed E-state index contributed by atoms with van der Waals surface area (Å²) < 4.78 is 29.3. The fourth-order valence-corrected chi connectivity index (χ4v) is 5.41. The van der Waals surface area contributed by atoms with Crippen LogP contribution < -0.4 is 33.8 Å². The largest absolute Gasteiger partial charge is 0.493 e. The Morgan fingerprint density at radius 3 is 2.65 bits per heavy atom. The molecule has 3 heterocycles. The molecule has 0 fully saturated rings. The average molecular weight is 523 g/mol. The van der Waals surface area contributed by atoms with E-state index in [-0.39, 0.29) is 24.0 Å². The zero-order valence-electron chi connectivity index (χ0n) is 21.1. The number of thiazole rings is 1. The highest BCUT2D eigenvalue weighted by Crippen LogP contribution is 2.36. The van der Waals surface area contributed by atoms with Crippen molar-refractivity contribution in [3.05, 3.63) is 78.5 Å². The molecule has 5 rings (SSSR count). The quantitative estimate of drug-likeness (QED) is 0.459. The number of allylic oxidation sites excluding steroid dienone is 1. The number of rotatable bonds is 6. The van der Waals surface area contributed by atoms with Crippen molar-refractivity contribution in [3.8, 4) is 23.0 Å². The van der Waals surface area contributed by atoms with Gasteiger partial charge in [0.15, 0.2) is 27.8 Å². The van der Waals surface area contributed by atoms with Gasteiger partial charge in [-0.3, -0.25) is 9.36 Å². The number of carbonyl (C=O) groups excluding carboxylic acids is 1. The molecule has 0 spiro atoms. The van der Waals surface area contributed by atoms with Crippen molar-refractivity contribution in [1.29, 1.82) is 0 Å². The highest BCUT2D eigenvalue weighted by molar-refractivity contribution is 7.07. The minimum absolute atomic E-state index is 0.0543. The number of benzene rings is 2. The van der Waals surface area contributed by atoms with Crippen molar-refractivity contribution in [1.82, 2.24) is 4.57 Å². The zero-order chi connectivity index (χ0) is 26.3. The molecule has 2 aliphatic heterocycles. The molecule has 37 heavy (non-hydrogen) atoms. The Bertz CT molecular complexity index is 1600. The Kier molecular flexibility index (Phi) is 6.51. The van der Waals surface area contributed by atoms with E-state index >= 15 is 0 Å². The van der Waals surface area contributed by atoms with Crippen LogP contribution >= 0.6 is 11.3 Å². The van der Waals surface area contributed by atoms with Crippen LogP contribution in [0, 0.1) is 0 Å². The molecule has 192 valence electrons. The van der Waals surface area contributed by atoms with Crippen LogP contribution in [-0.4, -0.2) is 37.7 Å². The van der Waals surface area contributed by atoms with Gasteiger partial charge in [-0.05, 0) is 62.2 Å². The van der Waals surface area contributed by atoms with Gasteiger partial charge in [0, 0.05) is 0 Å². The number of ether oxygens (including phenoxy) is 5. The van der Waals surface area contributed by atoms with E-state index in [1.165, 1.54) is 23.0 Å². The molecule has 0 radical (unpaired) electrons. The molecule has 0 N–H and O–H groups in total. The minimum atomic E-state index is -0.760. The molecule has 0 unspecified atom stereocenters. The van der Waals surface area contributed by atoms with Gasteiger partial charge in [-0.25, -0.2) is 9.79 Å². The van der Waals surface area contributed by atoms with Crippen molar-refractivity contribution in [3.63, 3.8) is 0 Å². The Hall–Kier alpha value is -4.05. The molecule has 2 aliphatic rings. The highest BCUT2D eigenvalue weighted by Gasteiger charge is 2.33. The molecule has 9 nitrogen and oxygen atoms in total. The van der Waals surface area contributed by atoms with Gasteiger partial charge in [-0.2, -0.15) is 0 Å². The first-order chi connectivity index (χ1) is 17.8. The van der Waals surface area contributed by atoms with Gasteiger partial charge in [-0.15, -0.1) is 0 Å². The van der Waals surface area contributed by atoms with Crippen molar-refractivity contribution in [2.24, 2.45) is 4.99 Å². The molecule has 0 amide bonds. The average Bonchev–Trinajstić information content (AvgIpc) is 3.46. The van der Waals surface area contributed by atoms with Gasteiger partial charge in [0.2, 0.25) is 6.79 Å². The molecule has 0 saturated heterocycles. The number of hydrogen-bond acceptors (Lipinski definition) is 9. The summed E-state index contributed by atoms with van der Waals surface area (Å²) in [6.07, 6.45) is 1.72. The van der Waals surface area contributed by atoms with E-state index in [1.807, 2.05) is 32.0 Å². The number of hydrogen-bond donors (Lipinski definition) is 0. The molecule has 1 aromatic heterocycles. The zero-order valence-corrected chi connectivity index (χ0v) is 21.9. The summed E-state index contributed by atoms with van der Waals surface area (Å²) >= 11 is 1.25. The van der Waals surface area contributed by atoms with Gasteiger partial charge in [0.25, 0.3) is 5.56 Å². The van der Waals surface area contributed by atoms with E-state index in [9.17, 15) is 9.59 Å². The van der Waals surface area contributed by atoms with Crippen LogP contribution in [-0.2, 0) is 9.53 Å². The molecule has 3 aromatic rings. The number of esters is 1. The summed E-state index contributed by atoms with van der Waals surface area (Å²) in [5, 5.41) is 0. The fraction of sp³-hybridized carbons (Fsp3) is 0.296. The summed E-state index contributed by atoms with van der Waals surface area (Å²) in [7, 11) is 2.86. The smallest absolute Gasteiger partial charge is 0.338 e. The maximum absolute atomic E-state index is 13.8. The maximum atomic E-state index is 13.8. The third-order valence-corrected chi connectivity index (χ3v) is 6.97. The van der Waals surface area contributed by atoms with Crippen molar-refractivity contribution in [2.75, 3.05) is 21.0 Å². The SMILES string of the molecule is COC(=O)C1=C(C)N=c2s/c(=C\c3ccc4c(c3)OCO4)c(=O)n2[C@H]1c1ccc(OC(C)C)c(OC)c1. The molecule has 10 heteroatoms. The van der Waals surface area contributed by atoms with Gasteiger partial charge in [-0.1, -0.05) is 23.5 Å². The lowest BCUT2D eigenvalue weighted by Gasteiger charge is -2.25. The van der Waals surface area contributed by atoms with Gasteiger partial charge in [0.05, 0.1) is 42.2 Å². The number of carbonyl (C=O) groups is 1. The molecule has 1 atom stereocenters. The normalized spacial score (nSPS) is 16.5. The second kappa shape index (κ2) is 9.78. The van der Waals surface area contributed by atoms with Gasteiger partial charge in [0.1, 0.15) is 0 Å². The predicted molar refractivity (Wildman–Crippen MR) is 137 cm³/mol. The number of methoxy groups -OCH3 is 2. The maximum Gasteiger partial charge on any atom is 0.338 e. The molecular weight excluding hydrogens is 496 g/mol. The third kappa shape index (κ3) is 4.48. The number of aromatic nitrogens is 1. The fourth-order valence-electron chi connectivity index (χ4n) is 4.37. The van der Waals surface area contributed by atoms with Crippen molar-refractivity contribution in [2.45, 2.75) is 32.9 Å². The highest BCUT2D eigenvalue weighted by atomic mass is 32.1. The monoisotopic (exact) mass is 522 g/mol. The summed E-state index contributed by atoms with van der Waals surface area (Å²) in [6.45, 7) is 5.75.